The number of anilines is 1. The summed E-state index contributed by atoms with van der Waals surface area (Å²) in [6.07, 6.45) is 3.29. The van der Waals surface area contributed by atoms with E-state index in [1.54, 1.807) is 36.7 Å². The van der Waals surface area contributed by atoms with Gasteiger partial charge in [0.05, 0.1) is 0 Å². The van der Waals surface area contributed by atoms with E-state index >= 15 is 0 Å². The first-order valence-corrected chi connectivity index (χ1v) is 9.01. The minimum atomic E-state index is -0.513. The van der Waals surface area contributed by atoms with Crippen molar-refractivity contribution in [3.8, 4) is 0 Å². The summed E-state index contributed by atoms with van der Waals surface area (Å²) in [6, 6.07) is 16.1. The van der Waals surface area contributed by atoms with Gasteiger partial charge >= 0.3 is 0 Å². The maximum atomic E-state index is 12.9. The largest absolute Gasteiger partial charge is 0.325 e. The third-order valence-corrected chi connectivity index (χ3v) is 4.82. The standard InChI is InChI=1S/C18H13Cl2N3OS/c19-13-9-14(20)11-15(10-13)23-17(24)16(12-5-2-1-3-6-12)25-18-21-7-4-8-22-18/h1-11,16H,(H,23,24). The average Bonchev–Trinajstić information content (AvgIpc) is 2.60. The molecule has 0 aliphatic heterocycles. The van der Waals surface area contributed by atoms with Gasteiger partial charge in [0.15, 0.2) is 5.16 Å². The molecule has 1 aromatic heterocycles. The number of carbonyl (C=O) groups excluding carboxylic acids is 1. The number of hydrogen-bond donors (Lipinski definition) is 1. The highest BCUT2D eigenvalue weighted by molar-refractivity contribution is 8.00. The van der Waals surface area contributed by atoms with Crippen LogP contribution >= 0.6 is 35.0 Å². The molecule has 1 amide bonds. The quantitative estimate of drug-likeness (QED) is 0.477. The predicted molar refractivity (Wildman–Crippen MR) is 102 cm³/mol. The zero-order chi connectivity index (χ0) is 17.6. The molecule has 25 heavy (non-hydrogen) atoms. The fourth-order valence-corrected chi connectivity index (χ4v) is 3.63. The van der Waals surface area contributed by atoms with Gasteiger partial charge in [-0.3, -0.25) is 4.79 Å². The SMILES string of the molecule is O=C(Nc1cc(Cl)cc(Cl)c1)C(Sc1ncccn1)c1ccccc1. The summed E-state index contributed by atoms with van der Waals surface area (Å²) in [5.74, 6) is -0.206. The van der Waals surface area contributed by atoms with Crippen molar-refractivity contribution in [2.75, 3.05) is 5.32 Å². The summed E-state index contributed by atoms with van der Waals surface area (Å²) < 4.78 is 0. The smallest absolute Gasteiger partial charge is 0.242 e. The normalized spacial score (nSPS) is 11.8. The molecule has 2 aromatic carbocycles. The number of aromatic nitrogens is 2. The minimum Gasteiger partial charge on any atom is -0.325 e. The molecule has 1 unspecified atom stereocenters. The first-order valence-electron chi connectivity index (χ1n) is 7.37. The maximum absolute atomic E-state index is 12.9. The summed E-state index contributed by atoms with van der Waals surface area (Å²) in [6.45, 7) is 0. The van der Waals surface area contributed by atoms with Crippen LogP contribution in [0.5, 0.6) is 0 Å². The van der Waals surface area contributed by atoms with Crippen LogP contribution in [0.4, 0.5) is 5.69 Å². The monoisotopic (exact) mass is 389 g/mol. The van der Waals surface area contributed by atoms with E-state index in [0.717, 1.165) is 5.56 Å². The van der Waals surface area contributed by atoms with Gasteiger partial charge in [0, 0.05) is 28.1 Å². The molecule has 0 saturated heterocycles. The number of halogens is 2. The number of nitrogens with zero attached hydrogens (tertiary/aromatic N) is 2. The Morgan fingerprint density at radius 1 is 0.960 bits per heavy atom. The van der Waals surface area contributed by atoms with E-state index < -0.39 is 5.25 Å². The first-order chi connectivity index (χ1) is 12.1. The number of rotatable bonds is 5. The fraction of sp³-hybridized carbons (Fsp3) is 0.0556. The van der Waals surface area contributed by atoms with Crippen molar-refractivity contribution < 1.29 is 4.79 Å². The van der Waals surface area contributed by atoms with Crippen molar-refractivity contribution >= 4 is 46.6 Å². The lowest BCUT2D eigenvalue weighted by atomic mass is 10.1. The molecule has 1 atom stereocenters. The Bertz CT molecular complexity index is 842. The summed E-state index contributed by atoms with van der Waals surface area (Å²) in [5.41, 5.74) is 1.39. The van der Waals surface area contributed by atoms with Crippen molar-refractivity contribution in [3.05, 3.63) is 82.6 Å². The van der Waals surface area contributed by atoms with Crippen LogP contribution in [-0.2, 0) is 4.79 Å². The Balaban J connectivity index is 1.86. The Hall–Kier alpha value is -2.08. The van der Waals surface area contributed by atoms with Crippen molar-refractivity contribution in [1.82, 2.24) is 9.97 Å². The minimum absolute atomic E-state index is 0.206. The number of benzene rings is 2. The van der Waals surface area contributed by atoms with Gasteiger partial charge in [-0.05, 0) is 29.8 Å². The van der Waals surface area contributed by atoms with Gasteiger partial charge in [0.2, 0.25) is 5.91 Å². The number of hydrogen-bond acceptors (Lipinski definition) is 4. The molecule has 0 saturated carbocycles. The number of amides is 1. The number of thioether (sulfide) groups is 1. The summed E-state index contributed by atoms with van der Waals surface area (Å²) in [5, 5.41) is 3.78. The second-order valence-electron chi connectivity index (χ2n) is 5.09. The number of nitrogens with one attached hydrogen (secondary N) is 1. The van der Waals surface area contributed by atoms with E-state index in [0.29, 0.717) is 20.9 Å². The molecule has 126 valence electrons. The third-order valence-electron chi connectivity index (χ3n) is 3.24. The van der Waals surface area contributed by atoms with Gasteiger partial charge < -0.3 is 5.32 Å². The van der Waals surface area contributed by atoms with Crippen LogP contribution in [0.3, 0.4) is 0 Å². The predicted octanol–water partition coefficient (Wildman–Crippen LogP) is 5.26. The van der Waals surface area contributed by atoms with E-state index in [1.165, 1.54) is 11.8 Å². The molecular weight excluding hydrogens is 377 g/mol. The van der Waals surface area contributed by atoms with Crippen molar-refractivity contribution in [2.24, 2.45) is 0 Å². The summed E-state index contributed by atoms with van der Waals surface area (Å²) >= 11 is 13.3. The Morgan fingerprint density at radius 2 is 1.60 bits per heavy atom. The number of carbonyl (C=O) groups is 1. The average molecular weight is 390 g/mol. The Kier molecular flexibility index (Phi) is 5.91. The third kappa shape index (κ3) is 4.95. The molecule has 0 aliphatic carbocycles. The topological polar surface area (TPSA) is 54.9 Å². The van der Waals surface area contributed by atoms with Crippen molar-refractivity contribution in [2.45, 2.75) is 10.4 Å². The second-order valence-corrected chi connectivity index (χ2v) is 7.03. The van der Waals surface area contributed by atoms with E-state index in [1.807, 2.05) is 30.3 Å². The highest BCUT2D eigenvalue weighted by atomic mass is 35.5. The summed E-state index contributed by atoms with van der Waals surface area (Å²) in [4.78, 5) is 21.2. The molecule has 1 heterocycles. The molecule has 3 rings (SSSR count). The molecule has 0 spiro atoms. The Morgan fingerprint density at radius 3 is 2.24 bits per heavy atom. The first kappa shape index (κ1) is 17.7. The zero-order valence-electron chi connectivity index (χ0n) is 12.9. The molecule has 0 radical (unpaired) electrons. The zero-order valence-corrected chi connectivity index (χ0v) is 15.2. The van der Waals surface area contributed by atoms with Crippen molar-refractivity contribution in [3.63, 3.8) is 0 Å². The molecule has 3 aromatic rings. The lowest BCUT2D eigenvalue weighted by molar-refractivity contribution is -0.115. The van der Waals surface area contributed by atoms with Crippen LogP contribution in [0.2, 0.25) is 10.0 Å². The van der Waals surface area contributed by atoms with Crippen LogP contribution in [-0.4, -0.2) is 15.9 Å². The van der Waals surface area contributed by atoms with E-state index in [-0.39, 0.29) is 5.91 Å². The summed E-state index contributed by atoms with van der Waals surface area (Å²) in [7, 11) is 0. The van der Waals surface area contributed by atoms with Crippen LogP contribution < -0.4 is 5.32 Å². The fourth-order valence-electron chi connectivity index (χ4n) is 2.19. The van der Waals surface area contributed by atoms with E-state index in [4.69, 9.17) is 23.2 Å². The Labute approximate surface area is 159 Å². The molecule has 1 N–H and O–H groups in total. The van der Waals surface area contributed by atoms with Gasteiger partial charge in [-0.1, -0.05) is 65.3 Å². The van der Waals surface area contributed by atoms with Gasteiger partial charge in [-0.15, -0.1) is 0 Å². The highest BCUT2D eigenvalue weighted by Crippen LogP contribution is 2.34. The van der Waals surface area contributed by atoms with Gasteiger partial charge in [-0.25, -0.2) is 9.97 Å². The highest BCUT2D eigenvalue weighted by Gasteiger charge is 2.23. The van der Waals surface area contributed by atoms with Crippen molar-refractivity contribution in [1.29, 1.82) is 0 Å². The van der Waals surface area contributed by atoms with Crippen LogP contribution in [0.25, 0.3) is 0 Å². The van der Waals surface area contributed by atoms with Crippen LogP contribution in [0, 0.1) is 0 Å². The van der Waals surface area contributed by atoms with Gasteiger partial charge in [-0.2, -0.15) is 0 Å². The molecule has 0 fully saturated rings. The molecule has 0 bridgehead atoms. The van der Waals surface area contributed by atoms with Gasteiger partial charge in [0.25, 0.3) is 0 Å². The molecule has 0 aliphatic rings. The molecule has 4 nitrogen and oxygen atoms in total. The molecule has 7 heteroatoms. The lowest BCUT2D eigenvalue weighted by Crippen LogP contribution is -2.19. The lowest BCUT2D eigenvalue weighted by Gasteiger charge is -2.16. The molecular formula is C18H13Cl2N3OS. The van der Waals surface area contributed by atoms with Gasteiger partial charge in [0.1, 0.15) is 5.25 Å². The van der Waals surface area contributed by atoms with Crippen LogP contribution in [0.15, 0.2) is 72.1 Å². The maximum Gasteiger partial charge on any atom is 0.242 e. The van der Waals surface area contributed by atoms with E-state index in [9.17, 15) is 4.79 Å². The van der Waals surface area contributed by atoms with E-state index in [2.05, 4.69) is 15.3 Å². The second kappa shape index (κ2) is 8.34. The van der Waals surface area contributed by atoms with Crippen LogP contribution in [0.1, 0.15) is 10.8 Å².